The Morgan fingerprint density at radius 3 is 2.76 bits per heavy atom. The van der Waals surface area contributed by atoms with E-state index in [1.54, 1.807) is 0 Å². The molecule has 0 bridgehead atoms. The normalized spacial score (nSPS) is 17.8. The molecule has 2 heterocycles. The van der Waals surface area contributed by atoms with Crippen molar-refractivity contribution in [1.82, 2.24) is 9.38 Å². The van der Waals surface area contributed by atoms with Gasteiger partial charge in [0.1, 0.15) is 5.65 Å². The highest BCUT2D eigenvalue weighted by Gasteiger charge is 2.18. The van der Waals surface area contributed by atoms with Crippen LogP contribution in [0.5, 0.6) is 0 Å². The van der Waals surface area contributed by atoms with Gasteiger partial charge in [0.15, 0.2) is 0 Å². The van der Waals surface area contributed by atoms with Crippen molar-refractivity contribution in [3.8, 4) is 0 Å². The maximum Gasteiger partial charge on any atom is 0.137 e. The van der Waals surface area contributed by atoms with Gasteiger partial charge in [0.05, 0.1) is 5.69 Å². The van der Waals surface area contributed by atoms with Crippen molar-refractivity contribution >= 4 is 21.6 Å². The highest BCUT2D eigenvalue weighted by atomic mass is 79.9. The summed E-state index contributed by atoms with van der Waals surface area (Å²) in [6.45, 7) is 2.13. The van der Waals surface area contributed by atoms with E-state index < -0.39 is 0 Å². The summed E-state index contributed by atoms with van der Waals surface area (Å²) < 4.78 is 3.35. The van der Waals surface area contributed by atoms with Crippen molar-refractivity contribution < 1.29 is 0 Å². The average Bonchev–Trinajstić information content (AvgIpc) is 2.80. The van der Waals surface area contributed by atoms with E-state index in [0.29, 0.717) is 5.92 Å². The first-order valence-corrected chi connectivity index (χ1v) is 7.19. The van der Waals surface area contributed by atoms with Crippen molar-refractivity contribution in [3.63, 3.8) is 0 Å². The Kier molecular flexibility index (Phi) is 2.95. The highest BCUT2D eigenvalue weighted by molar-refractivity contribution is 9.10. The number of rotatable bonds is 1. The van der Waals surface area contributed by atoms with Crippen LogP contribution in [0.1, 0.15) is 49.4 Å². The third kappa shape index (κ3) is 2.01. The minimum absolute atomic E-state index is 0.682. The molecule has 17 heavy (non-hydrogen) atoms. The van der Waals surface area contributed by atoms with Crippen LogP contribution >= 0.6 is 15.9 Å². The van der Waals surface area contributed by atoms with E-state index in [0.717, 1.165) is 10.1 Å². The monoisotopic (exact) mass is 292 g/mol. The van der Waals surface area contributed by atoms with Crippen LogP contribution in [0.4, 0.5) is 0 Å². The molecule has 0 spiro atoms. The lowest BCUT2D eigenvalue weighted by molar-refractivity contribution is 0.438. The molecule has 0 atom stereocenters. The second-order valence-electron chi connectivity index (χ2n) is 5.00. The van der Waals surface area contributed by atoms with Gasteiger partial charge in [-0.2, -0.15) is 0 Å². The molecule has 0 aromatic carbocycles. The van der Waals surface area contributed by atoms with Crippen LogP contribution < -0.4 is 0 Å². The Labute approximate surface area is 110 Å². The predicted molar refractivity (Wildman–Crippen MR) is 73.5 cm³/mol. The molecular weight excluding hydrogens is 276 g/mol. The zero-order valence-corrected chi connectivity index (χ0v) is 11.7. The number of hydrogen-bond donors (Lipinski definition) is 0. The molecule has 1 aliphatic carbocycles. The standard InChI is InChI=1S/C14H17BrN2/c1-10-12(15)7-8-14-16-13(9-17(10)14)11-5-3-2-4-6-11/h7-9,11H,2-6H2,1H3. The summed E-state index contributed by atoms with van der Waals surface area (Å²) in [5, 5.41) is 0. The van der Waals surface area contributed by atoms with Gasteiger partial charge in [-0.3, -0.25) is 0 Å². The molecular formula is C14H17BrN2. The molecule has 2 aromatic heterocycles. The fourth-order valence-electron chi connectivity index (χ4n) is 2.78. The van der Waals surface area contributed by atoms with Crippen molar-refractivity contribution in [2.45, 2.75) is 44.9 Å². The third-order valence-electron chi connectivity index (χ3n) is 3.86. The molecule has 90 valence electrons. The zero-order chi connectivity index (χ0) is 11.8. The van der Waals surface area contributed by atoms with E-state index in [1.807, 2.05) is 0 Å². The minimum atomic E-state index is 0.682. The lowest BCUT2D eigenvalue weighted by atomic mass is 9.87. The van der Waals surface area contributed by atoms with Crippen molar-refractivity contribution in [1.29, 1.82) is 0 Å². The van der Waals surface area contributed by atoms with E-state index in [9.17, 15) is 0 Å². The molecule has 0 unspecified atom stereocenters. The molecule has 2 nitrogen and oxygen atoms in total. The fraction of sp³-hybridized carbons (Fsp3) is 0.500. The van der Waals surface area contributed by atoms with Crippen LogP contribution in [0.3, 0.4) is 0 Å². The summed E-state index contributed by atoms with van der Waals surface area (Å²) >= 11 is 3.57. The summed E-state index contributed by atoms with van der Waals surface area (Å²) in [7, 11) is 0. The van der Waals surface area contributed by atoms with Gasteiger partial charge in [-0.15, -0.1) is 0 Å². The molecule has 0 radical (unpaired) electrons. The predicted octanol–water partition coefficient (Wildman–Crippen LogP) is 4.45. The largest absolute Gasteiger partial charge is 0.303 e. The van der Waals surface area contributed by atoms with Crippen LogP contribution in [0.25, 0.3) is 5.65 Å². The molecule has 1 saturated carbocycles. The van der Waals surface area contributed by atoms with Gasteiger partial charge in [-0.25, -0.2) is 4.98 Å². The molecule has 0 saturated heterocycles. The summed E-state index contributed by atoms with van der Waals surface area (Å²) in [5.41, 5.74) is 3.59. The third-order valence-corrected chi connectivity index (χ3v) is 4.70. The van der Waals surface area contributed by atoms with Gasteiger partial charge in [-0.1, -0.05) is 19.3 Å². The Morgan fingerprint density at radius 1 is 1.24 bits per heavy atom. The van der Waals surface area contributed by atoms with Crippen molar-refractivity contribution in [2.24, 2.45) is 0 Å². The number of nitrogens with zero attached hydrogens (tertiary/aromatic N) is 2. The van der Waals surface area contributed by atoms with Gasteiger partial charge in [0.2, 0.25) is 0 Å². The van der Waals surface area contributed by atoms with E-state index in [-0.39, 0.29) is 0 Å². The number of aryl methyl sites for hydroxylation is 1. The number of hydrogen-bond acceptors (Lipinski definition) is 1. The van der Waals surface area contributed by atoms with Gasteiger partial charge in [0, 0.05) is 22.3 Å². The highest BCUT2D eigenvalue weighted by Crippen LogP contribution is 2.32. The van der Waals surface area contributed by atoms with E-state index >= 15 is 0 Å². The van der Waals surface area contributed by atoms with E-state index in [1.165, 1.54) is 43.5 Å². The van der Waals surface area contributed by atoms with Crippen LogP contribution in [0.2, 0.25) is 0 Å². The van der Waals surface area contributed by atoms with Crippen LogP contribution in [-0.4, -0.2) is 9.38 Å². The number of halogens is 1. The van der Waals surface area contributed by atoms with E-state index in [2.05, 4.69) is 45.6 Å². The SMILES string of the molecule is Cc1c(Br)ccc2nc(C3CCCCC3)cn12. The summed E-state index contributed by atoms with van der Waals surface area (Å²) in [6, 6.07) is 4.17. The molecule has 0 aliphatic heterocycles. The first-order valence-electron chi connectivity index (χ1n) is 6.40. The van der Waals surface area contributed by atoms with E-state index in [4.69, 9.17) is 4.98 Å². The average molecular weight is 293 g/mol. The lowest BCUT2D eigenvalue weighted by Crippen LogP contribution is -2.04. The maximum atomic E-state index is 4.78. The topological polar surface area (TPSA) is 17.3 Å². The molecule has 0 amide bonds. The van der Waals surface area contributed by atoms with Crippen molar-refractivity contribution in [3.05, 3.63) is 34.2 Å². The molecule has 3 heteroatoms. The minimum Gasteiger partial charge on any atom is -0.303 e. The molecule has 3 rings (SSSR count). The second-order valence-corrected chi connectivity index (χ2v) is 5.85. The fourth-order valence-corrected chi connectivity index (χ4v) is 3.10. The lowest BCUT2D eigenvalue weighted by Gasteiger charge is -2.19. The Hall–Kier alpha value is -0.830. The Balaban J connectivity index is 2.04. The van der Waals surface area contributed by atoms with Crippen LogP contribution in [0.15, 0.2) is 22.8 Å². The molecule has 1 aliphatic rings. The smallest absolute Gasteiger partial charge is 0.137 e. The Bertz CT molecular complexity index is 538. The number of fused-ring (bicyclic) bond motifs is 1. The Morgan fingerprint density at radius 2 is 2.00 bits per heavy atom. The van der Waals surface area contributed by atoms with Gasteiger partial charge in [-0.05, 0) is 47.8 Å². The summed E-state index contributed by atoms with van der Waals surface area (Å²) in [6.07, 6.45) is 8.97. The van der Waals surface area contributed by atoms with Crippen LogP contribution in [-0.2, 0) is 0 Å². The van der Waals surface area contributed by atoms with Crippen LogP contribution in [0, 0.1) is 6.92 Å². The first-order chi connectivity index (χ1) is 8.25. The number of aromatic nitrogens is 2. The zero-order valence-electron chi connectivity index (χ0n) is 10.1. The quantitative estimate of drug-likeness (QED) is 0.759. The molecule has 1 fully saturated rings. The van der Waals surface area contributed by atoms with Gasteiger partial charge < -0.3 is 4.40 Å². The molecule has 0 N–H and O–H groups in total. The van der Waals surface area contributed by atoms with Gasteiger partial charge >= 0.3 is 0 Å². The van der Waals surface area contributed by atoms with Gasteiger partial charge in [0.25, 0.3) is 0 Å². The maximum absolute atomic E-state index is 4.78. The number of imidazole rings is 1. The number of pyridine rings is 1. The molecule has 2 aromatic rings. The summed E-state index contributed by atoms with van der Waals surface area (Å²) in [5.74, 6) is 0.682. The first kappa shape index (κ1) is 11.3. The summed E-state index contributed by atoms with van der Waals surface area (Å²) in [4.78, 5) is 4.78. The second kappa shape index (κ2) is 4.45. The van der Waals surface area contributed by atoms with Crippen molar-refractivity contribution in [2.75, 3.05) is 0 Å².